The van der Waals surface area contributed by atoms with Gasteiger partial charge in [0.2, 0.25) is 0 Å². The van der Waals surface area contributed by atoms with Crippen molar-refractivity contribution in [2.75, 3.05) is 13.7 Å². The fraction of sp³-hybridized carbons (Fsp3) is 0.571. The summed E-state index contributed by atoms with van der Waals surface area (Å²) in [6.07, 6.45) is 7.56. The zero-order valence-electron chi connectivity index (χ0n) is 10.7. The van der Waals surface area contributed by atoms with Gasteiger partial charge in [-0.05, 0) is 38.3 Å². The normalized spacial score (nSPS) is 17.6. The molecule has 1 aromatic heterocycles. The molecule has 94 valence electrons. The Bertz CT molecular complexity index is 383. The third kappa shape index (κ3) is 3.11. The summed E-state index contributed by atoms with van der Waals surface area (Å²) < 4.78 is 5.27. The molecule has 2 nitrogen and oxygen atoms in total. The lowest BCUT2D eigenvalue weighted by atomic mass is 9.93. The van der Waals surface area contributed by atoms with Gasteiger partial charge in [0.15, 0.2) is 0 Å². The first-order chi connectivity index (χ1) is 8.35. The lowest BCUT2D eigenvalue weighted by molar-refractivity contribution is 0.416. The van der Waals surface area contributed by atoms with Gasteiger partial charge >= 0.3 is 0 Å². The zero-order chi connectivity index (χ0) is 12.1. The Morgan fingerprint density at radius 2 is 2.35 bits per heavy atom. The minimum absolute atomic E-state index is 0.397. The third-order valence-electron chi connectivity index (χ3n) is 3.22. The number of rotatable bonds is 5. The molecule has 0 saturated carbocycles. The van der Waals surface area contributed by atoms with Gasteiger partial charge in [-0.1, -0.05) is 18.6 Å². The first kappa shape index (κ1) is 12.7. The van der Waals surface area contributed by atoms with Gasteiger partial charge in [0.05, 0.1) is 13.2 Å². The number of likely N-dealkylation sites (N-methyl/N-ethyl adjacent to an activating group) is 1. The highest BCUT2D eigenvalue weighted by Gasteiger charge is 2.19. The number of thiophene rings is 1. The molecule has 1 atom stereocenters. The Morgan fingerprint density at radius 3 is 2.94 bits per heavy atom. The van der Waals surface area contributed by atoms with Crippen LogP contribution < -0.4 is 10.1 Å². The zero-order valence-corrected chi connectivity index (χ0v) is 11.5. The minimum atomic E-state index is 0.397. The van der Waals surface area contributed by atoms with Crippen LogP contribution in [0.4, 0.5) is 0 Å². The number of allylic oxidation sites excluding steroid dienone is 1. The molecule has 17 heavy (non-hydrogen) atoms. The summed E-state index contributed by atoms with van der Waals surface area (Å²) >= 11 is 1.79. The number of hydrogen-bond donors (Lipinski definition) is 1. The molecule has 0 aliphatic heterocycles. The standard InChI is InChI=1S/C14H21NOS/c1-3-15-14(11-7-5-4-6-8-11)13-9-12(16-2)10-17-13/h7,9-10,14-15H,3-6,8H2,1-2H3. The SMILES string of the molecule is CCNC(C1=CCCCC1)c1cc(OC)cs1. The van der Waals surface area contributed by atoms with E-state index in [4.69, 9.17) is 4.74 Å². The van der Waals surface area contributed by atoms with E-state index in [0.29, 0.717) is 6.04 Å². The van der Waals surface area contributed by atoms with E-state index in [9.17, 15) is 0 Å². The van der Waals surface area contributed by atoms with Crippen molar-refractivity contribution in [1.29, 1.82) is 0 Å². The van der Waals surface area contributed by atoms with Crippen LogP contribution in [0.2, 0.25) is 0 Å². The second-order valence-electron chi connectivity index (χ2n) is 4.40. The smallest absolute Gasteiger partial charge is 0.129 e. The van der Waals surface area contributed by atoms with Gasteiger partial charge < -0.3 is 10.1 Å². The highest BCUT2D eigenvalue weighted by molar-refractivity contribution is 7.10. The Labute approximate surface area is 108 Å². The van der Waals surface area contributed by atoms with Crippen LogP contribution in [0.5, 0.6) is 5.75 Å². The van der Waals surface area contributed by atoms with Gasteiger partial charge in [-0.2, -0.15) is 0 Å². The number of methoxy groups -OCH3 is 1. The van der Waals surface area contributed by atoms with Crippen LogP contribution in [0.1, 0.15) is 43.5 Å². The minimum Gasteiger partial charge on any atom is -0.496 e. The maximum atomic E-state index is 5.27. The molecular weight excluding hydrogens is 230 g/mol. The maximum Gasteiger partial charge on any atom is 0.129 e. The Hall–Kier alpha value is -0.800. The van der Waals surface area contributed by atoms with Crippen molar-refractivity contribution in [3.05, 3.63) is 28.0 Å². The molecule has 0 fully saturated rings. The van der Waals surface area contributed by atoms with Crippen molar-refractivity contribution in [3.63, 3.8) is 0 Å². The van der Waals surface area contributed by atoms with Gasteiger partial charge in [0.25, 0.3) is 0 Å². The van der Waals surface area contributed by atoms with Crippen LogP contribution in [-0.2, 0) is 0 Å². The van der Waals surface area contributed by atoms with E-state index in [1.165, 1.54) is 30.6 Å². The lowest BCUT2D eigenvalue weighted by Crippen LogP contribution is -2.22. The predicted molar refractivity (Wildman–Crippen MR) is 73.8 cm³/mol. The molecule has 1 aliphatic carbocycles. The molecule has 3 heteroatoms. The van der Waals surface area contributed by atoms with E-state index in [0.717, 1.165) is 12.3 Å². The van der Waals surface area contributed by atoms with Crippen molar-refractivity contribution in [2.45, 2.75) is 38.6 Å². The number of ether oxygens (including phenoxy) is 1. The number of hydrogen-bond acceptors (Lipinski definition) is 3. The summed E-state index contributed by atoms with van der Waals surface area (Å²) in [6, 6.07) is 2.56. The molecular formula is C14H21NOS. The van der Waals surface area contributed by atoms with Crippen LogP contribution >= 0.6 is 11.3 Å². The lowest BCUT2D eigenvalue weighted by Gasteiger charge is -2.23. The summed E-state index contributed by atoms with van der Waals surface area (Å²) in [5.41, 5.74) is 1.56. The van der Waals surface area contributed by atoms with E-state index < -0.39 is 0 Å². The summed E-state index contributed by atoms with van der Waals surface area (Å²) in [6.45, 7) is 3.17. The van der Waals surface area contributed by atoms with Gasteiger partial charge in [0, 0.05) is 10.3 Å². The van der Waals surface area contributed by atoms with Crippen LogP contribution in [0, 0.1) is 0 Å². The molecule has 0 aromatic carbocycles. The van der Waals surface area contributed by atoms with E-state index in [1.807, 2.05) is 0 Å². The first-order valence-corrected chi connectivity index (χ1v) is 7.28. The maximum absolute atomic E-state index is 5.27. The summed E-state index contributed by atoms with van der Waals surface area (Å²) in [5.74, 6) is 0.976. The van der Waals surface area contributed by atoms with Crippen LogP contribution in [0.25, 0.3) is 0 Å². The van der Waals surface area contributed by atoms with Crippen molar-refractivity contribution in [1.82, 2.24) is 5.32 Å². The third-order valence-corrected chi connectivity index (χ3v) is 4.20. The largest absolute Gasteiger partial charge is 0.496 e. The van der Waals surface area contributed by atoms with Gasteiger partial charge in [-0.15, -0.1) is 11.3 Å². The first-order valence-electron chi connectivity index (χ1n) is 6.40. The van der Waals surface area contributed by atoms with Crippen LogP contribution in [0.15, 0.2) is 23.1 Å². The van der Waals surface area contributed by atoms with Gasteiger partial charge in [0.1, 0.15) is 5.75 Å². The topological polar surface area (TPSA) is 21.3 Å². The van der Waals surface area contributed by atoms with E-state index in [-0.39, 0.29) is 0 Å². The van der Waals surface area contributed by atoms with E-state index >= 15 is 0 Å². The molecule has 0 spiro atoms. The molecule has 1 aromatic rings. The molecule has 1 heterocycles. The Kier molecular flexibility index (Phi) is 4.63. The average Bonchev–Trinajstić information content (AvgIpc) is 2.85. The van der Waals surface area contributed by atoms with E-state index in [1.54, 1.807) is 24.0 Å². The summed E-state index contributed by atoms with van der Waals surface area (Å²) in [4.78, 5) is 1.37. The summed E-state index contributed by atoms with van der Waals surface area (Å²) in [7, 11) is 1.73. The van der Waals surface area contributed by atoms with Crippen molar-refractivity contribution in [2.24, 2.45) is 0 Å². The van der Waals surface area contributed by atoms with E-state index in [2.05, 4.69) is 29.8 Å². The fourth-order valence-corrected chi connectivity index (χ4v) is 3.31. The second-order valence-corrected chi connectivity index (χ2v) is 5.35. The fourth-order valence-electron chi connectivity index (χ4n) is 2.34. The quantitative estimate of drug-likeness (QED) is 0.801. The molecule has 0 radical (unpaired) electrons. The van der Waals surface area contributed by atoms with Crippen molar-refractivity contribution < 1.29 is 4.74 Å². The van der Waals surface area contributed by atoms with Gasteiger partial charge in [-0.25, -0.2) is 0 Å². The predicted octanol–water partition coefficient (Wildman–Crippen LogP) is 3.91. The highest BCUT2D eigenvalue weighted by Crippen LogP contribution is 2.34. The Morgan fingerprint density at radius 1 is 1.47 bits per heavy atom. The molecule has 1 unspecified atom stereocenters. The molecule has 0 saturated heterocycles. The van der Waals surface area contributed by atoms with Crippen molar-refractivity contribution in [3.8, 4) is 5.75 Å². The molecule has 2 rings (SSSR count). The Balaban J connectivity index is 2.18. The average molecular weight is 251 g/mol. The van der Waals surface area contributed by atoms with Gasteiger partial charge in [-0.3, -0.25) is 0 Å². The second kappa shape index (κ2) is 6.22. The summed E-state index contributed by atoms with van der Waals surface area (Å²) in [5, 5.41) is 5.68. The molecule has 0 bridgehead atoms. The molecule has 1 N–H and O–H groups in total. The highest BCUT2D eigenvalue weighted by atomic mass is 32.1. The molecule has 0 amide bonds. The number of nitrogens with one attached hydrogen (secondary N) is 1. The molecule has 1 aliphatic rings. The van der Waals surface area contributed by atoms with Crippen LogP contribution in [-0.4, -0.2) is 13.7 Å². The van der Waals surface area contributed by atoms with Crippen molar-refractivity contribution >= 4 is 11.3 Å². The van der Waals surface area contributed by atoms with Crippen LogP contribution in [0.3, 0.4) is 0 Å². The monoisotopic (exact) mass is 251 g/mol.